The first kappa shape index (κ1) is 10.1. The van der Waals surface area contributed by atoms with Gasteiger partial charge >= 0.3 is 0 Å². The molecule has 0 aliphatic rings. The first-order valence-electron chi connectivity index (χ1n) is 4.25. The van der Waals surface area contributed by atoms with Crippen LogP contribution >= 0.6 is 0 Å². The van der Waals surface area contributed by atoms with Gasteiger partial charge < -0.3 is 10.1 Å². The predicted molar refractivity (Wildman–Crippen MR) is 47.0 cm³/mol. The van der Waals surface area contributed by atoms with Gasteiger partial charge in [-0.2, -0.15) is 4.80 Å². The molecule has 0 aliphatic carbocycles. The second kappa shape index (κ2) is 5.60. The van der Waals surface area contributed by atoms with Gasteiger partial charge in [0.25, 0.3) is 0 Å². The largest absolute Gasteiger partial charge is 0.385 e. The Bertz CT molecular complexity index is 237. The number of hydrogen-bond acceptors (Lipinski definition) is 5. The van der Waals surface area contributed by atoms with Crippen molar-refractivity contribution in [2.24, 2.45) is 7.05 Å². The highest BCUT2D eigenvalue weighted by Crippen LogP contribution is 1.84. The average Bonchev–Trinajstić information content (AvgIpc) is 2.51. The molecule has 1 aromatic heterocycles. The van der Waals surface area contributed by atoms with Crippen LogP contribution in [0.4, 0.5) is 0 Å². The van der Waals surface area contributed by atoms with Gasteiger partial charge in [0, 0.05) is 13.7 Å². The van der Waals surface area contributed by atoms with E-state index in [1.165, 1.54) is 4.80 Å². The van der Waals surface area contributed by atoms with Crippen LogP contribution in [0.3, 0.4) is 0 Å². The zero-order valence-corrected chi connectivity index (χ0v) is 8.03. The van der Waals surface area contributed by atoms with E-state index in [0.717, 1.165) is 25.4 Å². The Morgan fingerprint density at radius 2 is 2.38 bits per heavy atom. The van der Waals surface area contributed by atoms with Crippen molar-refractivity contribution in [3.8, 4) is 0 Å². The highest BCUT2D eigenvalue weighted by atomic mass is 16.5. The van der Waals surface area contributed by atoms with Gasteiger partial charge in [-0.25, -0.2) is 0 Å². The number of aryl methyl sites for hydroxylation is 1. The normalized spacial score (nSPS) is 10.6. The molecule has 1 heterocycles. The van der Waals surface area contributed by atoms with Gasteiger partial charge in [-0.1, -0.05) is 0 Å². The molecule has 6 nitrogen and oxygen atoms in total. The molecule has 0 saturated heterocycles. The Kier molecular flexibility index (Phi) is 4.34. The summed E-state index contributed by atoms with van der Waals surface area (Å²) in [5.74, 6) is 0.722. The molecule has 0 amide bonds. The highest BCUT2D eigenvalue weighted by Gasteiger charge is 1.97. The lowest BCUT2D eigenvalue weighted by Gasteiger charge is -1.99. The second-order valence-corrected chi connectivity index (χ2v) is 2.72. The van der Waals surface area contributed by atoms with Gasteiger partial charge in [0.05, 0.1) is 13.6 Å². The maximum absolute atomic E-state index is 4.91. The van der Waals surface area contributed by atoms with E-state index < -0.39 is 0 Å². The summed E-state index contributed by atoms with van der Waals surface area (Å²) in [4.78, 5) is 1.45. The number of tetrazole rings is 1. The fraction of sp³-hybridized carbons (Fsp3) is 0.857. The molecule has 0 unspecified atom stereocenters. The number of rotatable bonds is 6. The minimum Gasteiger partial charge on any atom is -0.385 e. The van der Waals surface area contributed by atoms with Gasteiger partial charge in [0.15, 0.2) is 5.82 Å². The molecule has 13 heavy (non-hydrogen) atoms. The van der Waals surface area contributed by atoms with Crippen molar-refractivity contribution in [3.05, 3.63) is 5.82 Å². The lowest BCUT2D eigenvalue weighted by Crippen LogP contribution is -2.17. The first-order chi connectivity index (χ1) is 6.33. The lowest BCUT2D eigenvalue weighted by atomic mass is 10.4. The molecule has 6 heteroatoms. The van der Waals surface area contributed by atoms with Crippen LogP contribution in [0.15, 0.2) is 0 Å². The third-order valence-electron chi connectivity index (χ3n) is 1.53. The summed E-state index contributed by atoms with van der Waals surface area (Å²) in [6.07, 6.45) is 0.997. The van der Waals surface area contributed by atoms with Crippen molar-refractivity contribution < 1.29 is 4.74 Å². The summed E-state index contributed by atoms with van der Waals surface area (Å²) >= 11 is 0. The highest BCUT2D eigenvalue weighted by molar-refractivity contribution is 4.74. The number of nitrogens with zero attached hydrogens (tertiary/aromatic N) is 4. The number of aromatic nitrogens is 4. The Hall–Kier alpha value is -1.01. The summed E-state index contributed by atoms with van der Waals surface area (Å²) in [6, 6.07) is 0. The molecule has 0 aromatic carbocycles. The SMILES string of the molecule is COCCCNCc1nnn(C)n1. The summed E-state index contributed by atoms with van der Waals surface area (Å²) in [5.41, 5.74) is 0. The van der Waals surface area contributed by atoms with Crippen LogP contribution in [-0.4, -0.2) is 40.5 Å². The third-order valence-corrected chi connectivity index (χ3v) is 1.53. The van der Waals surface area contributed by atoms with E-state index in [9.17, 15) is 0 Å². The summed E-state index contributed by atoms with van der Waals surface area (Å²) in [5, 5.41) is 14.8. The maximum atomic E-state index is 4.91. The number of hydrogen-bond donors (Lipinski definition) is 1. The zero-order valence-electron chi connectivity index (χ0n) is 8.03. The van der Waals surface area contributed by atoms with Crippen LogP contribution in [-0.2, 0) is 18.3 Å². The third kappa shape index (κ3) is 3.95. The fourth-order valence-corrected chi connectivity index (χ4v) is 0.936. The zero-order chi connectivity index (χ0) is 9.52. The van der Waals surface area contributed by atoms with Gasteiger partial charge in [-0.05, 0) is 18.2 Å². The van der Waals surface area contributed by atoms with E-state index in [1.807, 2.05) is 0 Å². The minimum atomic E-state index is 0.664. The minimum absolute atomic E-state index is 0.664. The van der Waals surface area contributed by atoms with E-state index in [1.54, 1.807) is 14.2 Å². The molecule has 0 atom stereocenters. The van der Waals surface area contributed by atoms with Gasteiger partial charge in [0.1, 0.15) is 0 Å². The molecule has 0 saturated carbocycles. The average molecular weight is 185 g/mol. The molecule has 0 bridgehead atoms. The Morgan fingerprint density at radius 1 is 1.54 bits per heavy atom. The molecular weight excluding hydrogens is 170 g/mol. The van der Waals surface area contributed by atoms with Crippen molar-refractivity contribution in [1.82, 2.24) is 25.5 Å². The molecule has 0 fully saturated rings. The van der Waals surface area contributed by atoms with Crippen molar-refractivity contribution in [1.29, 1.82) is 0 Å². The van der Waals surface area contributed by atoms with Crippen LogP contribution < -0.4 is 5.32 Å². The summed E-state index contributed by atoms with van der Waals surface area (Å²) in [7, 11) is 3.45. The van der Waals surface area contributed by atoms with Gasteiger partial charge in [0.2, 0.25) is 0 Å². The van der Waals surface area contributed by atoms with Crippen LogP contribution in [0.25, 0.3) is 0 Å². The van der Waals surface area contributed by atoms with Crippen LogP contribution in [0.1, 0.15) is 12.2 Å². The first-order valence-corrected chi connectivity index (χ1v) is 4.25. The van der Waals surface area contributed by atoms with Crippen LogP contribution in [0.2, 0.25) is 0 Å². The number of ether oxygens (including phenoxy) is 1. The Labute approximate surface area is 77.3 Å². The molecule has 0 radical (unpaired) electrons. The number of methoxy groups -OCH3 is 1. The van der Waals surface area contributed by atoms with Crippen LogP contribution in [0, 0.1) is 0 Å². The molecular formula is C7H15N5O. The quantitative estimate of drug-likeness (QED) is 0.596. The van der Waals surface area contributed by atoms with Crippen molar-refractivity contribution in [2.75, 3.05) is 20.3 Å². The topological polar surface area (TPSA) is 64.9 Å². The Balaban J connectivity index is 2.06. The molecule has 1 N–H and O–H groups in total. The van der Waals surface area contributed by atoms with Gasteiger partial charge in [-0.15, -0.1) is 10.2 Å². The molecule has 1 aromatic rings. The van der Waals surface area contributed by atoms with E-state index in [2.05, 4.69) is 20.7 Å². The van der Waals surface area contributed by atoms with E-state index >= 15 is 0 Å². The van der Waals surface area contributed by atoms with E-state index in [0.29, 0.717) is 6.54 Å². The van der Waals surface area contributed by atoms with Gasteiger partial charge in [-0.3, -0.25) is 0 Å². The monoisotopic (exact) mass is 185 g/mol. The van der Waals surface area contributed by atoms with E-state index in [-0.39, 0.29) is 0 Å². The number of nitrogens with one attached hydrogen (secondary N) is 1. The standard InChI is InChI=1S/C7H15N5O/c1-12-10-7(9-11-12)6-8-4-3-5-13-2/h8H,3-6H2,1-2H3. The second-order valence-electron chi connectivity index (χ2n) is 2.72. The van der Waals surface area contributed by atoms with E-state index in [4.69, 9.17) is 4.74 Å². The predicted octanol–water partition coefficient (Wildman–Crippen LogP) is -0.664. The fourth-order valence-electron chi connectivity index (χ4n) is 0.936. The molecule has 0 spiro atoms. The van der Waals surface area contributed by atoms with Crippen molar-refractivity contribution in [3.63, 3.8) is 0 Å². The van der Waals surface area contributed by atoms with Crippen molar-refractivity contribution >= 4 is 0 Å². The lowest BCUT2D eigenvalue weighted by molar-refractivity contribution is 0.194. The Morgan fingerprint density at radius 3 is 3.00 bits per heavy atom. The smallest absolute Gasteiger partial charge is 0.188 e. The maximum Gasteiger partial charge on any atom is 0.188 e. The molecule has 1 rings (SSSR count). The summed E-state index contributed by atoms with van der Waals surface area (Å²) < 4.78 is 4.91. The molecule has 74 valence electrons. The van der Waals surface area contributed by atoms with Crippen LogP contribution in [0.5, 0.6) is 0 Å². The summed E-state index contributed by atoms with van der Waals surface area (Å²) in [6.45, 7) is 2.35. The van der Waals surface area contributed by atoms with Crippen molar-refractivity contribution in [2.45, 2.75) is 13.0 Å². The molecule has 0 aliphatic heterocycles.